The maximum atomic E-state index is 11.0. The maximum Gasteiger partial charge on any atom is 0.351 e. The fourth-order valence-electron chi connectivity index (χ4n) is 0.900. The van der Waals surface area contributed by atoms with Crippen LogP contribution in [0, 0.1) is 6.92 Å². The molecular formula is C8H8BrNO2. The summed E-state index contributed by atoms with van der Waals surface area (Å²) in [6, 6.07) is 5.21. The lowest BCUT2D eigenvalue weighted by Crippen LogP contribution is -2.04. The summed E-state index contributed by atoms with van der Waals surface area (Å²) >= 11 is 2.61. The van der Waals surface area contributed by atoms with Crippen molar-refractivity contribution in [2.24, 2.45) is 0 Å². The van der Waals surface area contributed by atoms with Crippen LogP contribution in [0.2, 0.25) is 0 Å². The highest BCUT2D eigenvalue weighted by Crippen LogP contribution is 2.17. The van der Waals surface area contributed by atoms with Gasteiger partial charge in [-0.3, -0.25) is 0 Å². The first-order valence-corrected chi connectivity index (χ1v) is 3.99. The van der Waals surface area contributed by atoms with Gasteiger partial charge in [0.25, 0.3) is 0 Å². The van der Waals surface area contributed by atoms with Crippen LogP contribution >= 0.6 is 16.3 Å². The fraction of sp³-hybridized carbons (Fsp3) is 0.125. The highest BCUT2D eigenvalue weighted by Gasteiger charge is 2.10. The molecule has 3 nitrogen and oxygen atoms in total. The van der Waals surface area contributed by atoms with Crippen molar-refractivity contribution in [3.8, 4) is 0 Å². The molecule has 0 unspecified atom stereocenters. The summed E-state index contributed by atoms with van der Waals surface area (Å²) in [6.07, 6.45) is 0. The maximum absolute atomic E-state index is 11.0. The average Bonchev–Trinajstić information content (AvgIpc) is 2.08. The molecule has 0 bridgehead atoms. The van der Waals surface area contributed by atoms with Crippen LogP contribution in [-0.2, 0) is 3.83 Å². The van der Waals surface area contributed by atoms with Crippen LogP contribution in [0.25, 0.3) is 0 Å². The van der Waals surface area contributed by atoms with Crippen LogP contribution < -0.4 is 5.73 Å². The molecular weight excluding hydrogens is 222 g/mol. The van der Waals surface area contributed by atoms with E-state index in [2.05, 4.69) is 20.1 Å². The second-order valence-corrected chi connectivity index (χ2v) is 2.72. The van der Waals surface area contributed by atoms with Crippen molar-refractivity contribution in [1.82, 2.24) is 0 Å². The Bertz CT molecular complexity index is 312. The molecule has 0 saturated heterocycles. The Morgan fingerprint density at radius 3 is 2.83 bits per heavy atom. The Balaban J connectivity index is 3.16. The second kappa shape index (κ2) is 3.58. The quantitative estimate of drug-likeness (QED) is 0.751. The van der Waals surface area contributed by atoms with Gasteiger partial charge in [0.05, 0.1) is 5.56 Å². The summed E-state index contributed by atoms with van der Waals surface area (Å²) in [5.74, 6) is -0.476. The lowest BCUT2D eigenvalue weighted by atomic mass is 10.1. The first kappa shape index (κ1) is 9.06. The summed E-state index contributed by atoms with van der Waals surface area (Å²) in [5, 5.41) is 0. The van der Waals surface area contributed by atoms with E-state index < -0.39 is 5.97 Å². The number of carbonyl (C=O) groups is 1. The monoisotopic (exact) mass is 229 g/mol. The number of para-hydroxylation sites is 1. The zero-order valence-corrected chi connectivity index (χ0v) is 8.09. The molecule has 12 heavy (non-hydrogen) atoms. The molecule has 0 amide bonds. The van der Waals surface area contributed by atoms with Crippen LogP contribution in [0.15, 0.2) is 18.2 Å². The van der Waals surface area contributed by atoms with Crippen LogP contribution in [0.3, 0.4) is 0 Å². The number of aryl methyl sites for hydroxylation is 1. The van der Waals surface area contributed by atoms with Gasteiger partial charge >= 0.3 is 5.97 Å². The Morgan fingerprint density at radius 2 is 2.25 bits per heavy atom. The molecule has 0 atom stereocenters. The van der Waals surface area contributed by atoms with Gasteiger partial charge in [-0.2, -0.15) is 0 Å². The summed E-state index contributed by atoms with van der Waals surface area (Å²) in [4.78, 5) is 11.0. The van der Waals surface area contributed by atoms with Gasteiger partial charge in [0.2, 0.25) is 0 Å². The minimum atomic E-state index is -0.476. The van der Waals surface area contributed by atoms with E-state index in [0.29, 0.717) is 11.3 Å². The van der Waals surface area contributed by atoms with Crippen molar-refractivity contribution >= 4 is 27.9 Å². The molecule has 0 aliphatic heterocycles. The minimum absolute atomic E-state index is 0.381. The first-order chi connectivity index (χ1) is 5.66. The Kier molecular flexibility index (Phi) is 2.70. The van der Waals surface area contributed by atoms with Gasteiger partial charge in [0.1, 0.15) is 0 Å². The number of nitrogens with two attached hydrogens (primary N) is 1. The van der Waals surface area contributed by atoms with E-state index in [1.165, 1.54) is 0 Å². The van der Waals surface area contributed by atoms with Gasteiger partial charge in [-0.1, -0.05) is 12.1 Å². The molecule has 1 aromatic rings. The zero-order chi connectivity index (χ0) is 9.14. The van der Waals surface area contributed by atoms with Gasteiger partial charge in [-0.05, 0) is 18.6 Å². The summed E-state index contributed by atoms with van der Waals surface area (Å²) in [5.41, 5.74) is 7.35. The van der Waals surface area contributed by atoms with E-state index in [9.17, 15) is 4.79 Å². The molecule has 0 radical (unpaired) electrons. The molecule has 0 fully saturated rings. The number of rotatable bonds is 1. The Labute approximate surface area is 79.0 Å². The summed E-state index contributed by atoms with van der Waals surface area (Å²) < 4.78 is 4.37. The van der Waals surface area contributed by atoms with Crippen molar-refractivity contribution in [1.29, 1.82) is 0 Å². The minimum Gasteiger partial charge on any atom is -0.398 e. The van der Waals surface area contributed by atoms with Gasteiger partial charge < -0.3 is 9.56 Å². The molecule has 1 aromatic carbocycles. The van der Waals surface area contributed by atoms with E-state index in [1.54, 1.807) is 12.1 Å². The number of carbonyl (C=O) groups excluding carboxylic acids is 1. The van der Waals surface area contributed by atoms with Gasteiger partial charge in [0, 0.05) is 5.69 Å². The lowest BCUT2D eigenvalue weighted by molar-refractivity contribution is 0.0783. The third-order valence-electron chi connectivity index (χ3n) is 1.61. The Hall–Kier alpha value is -1.03. The van der Waals surface area contributed by atoms with Crippen molar-refractivity contribution < 1.29 is 8.62 Å². The molecule has 0 saturated carbocycles. The highest BCUT2D eigenvalue weighted by atomic mass is 79.9. The third kappa shape index (κ3) is 1.58. The second-order valence-electron chi connectivity index (χ2n) is 2.40. The van der Waals surface area contributed by atoms with E-state index in [0.717, 1.165) is 5.56 Å². The van der Waals surface area contributed by atoms with Crippen LogP contribution in [0.4, 0.5) is 5.69 Å². The summed E-state index contributed by atoms with van der Waals surface area (Å²) in [7, 11) is 0. The smallest absolute Gasteiger partial charge is 0.351 e. The molecule has 0 aromatic heterocycles. The molecule has 64 valence electrons. The topological polar surface area (TPSA) is 52.3 Å². The van der Waals surface area contributed by atoms with Crippen LogP contribution in [0.1, 0.15) is 15.9 Å². The van der Waals surface area contributed by atoms with E-state index >= 15 is 0 Å². The first-order valence-electron chi connectivity index (χ1n) is 3.35. The van der Waals surface area contributed by atoms with Crippen molar-refractivity contribution in [3.63, 3.8) is 0 Å². The van der Waals surface area contributed by atoms with Crippen LogP contribution in [0.5, 0.6) is 0 Å². The van der Waals surface area contributed by atoms with Crippen molar-refractivity contribution in [2.45, 2.75) is 6.92 Å². The SMILES string of the molecule is Cc1cccc(C(=O)OBr)c1N. The van der Waals surface area contributed by atoms with Crippen molar-refractivity contribution in [3.05, 3.63) is 29.3 Å². The van der Waals surface area contributed by atoms with Gasteiger partial charge in [-0.25, -0.2) is 4.79 Å². The lowest BCUT2D eigenvalue weighted by Gasteiger charge is -2.03. The fourth-order valence-corrected chi connectivity index (χ4v) is 1.07. The highest BCUT2D eigenvalue weighted by molar-refractivity contribution is 9.06. The van der Waals surface area contributed by atoms with E-state index in [1.807, 2.05) is 13.0 Å². The molecule has 2 N–H and O–H groups in total. The molecule has 1 rings (SSSR count). The van der Waals surface area contributed by atoms with Gasteiger partial charge in [-0.15, -0.1) is 0 Å². The van der Waals surface area contributed by atoms with E-state index in [4.69, 9.17) is 5.73 Å². The van der Waals surface area contributed by atoms with Gasteiger partial charge in [0.15, 0.2) is 16.3 Å². The number of nitrogen functional groups attached to an aromatic ring is 1. The average molecular weight is 230 g/mol. The number of halogens is 1. The predicted octanol–water partition coefficient (Wildman–Crippen LogP) is 2.04. The number of benzene rings is 1. The standard InChI is InChI=1S/C8H8BrNO2/c1-5-3-2-4-6(7(5)10)8(11)12-9/h2-4H,10H2,1H3. The van der Waals surface area contributed by atoms with Crippen molar-refractivity contribution in [2.75, 3.05) is 5.73 Å². The van der Waals surface area contributed by atoms with Crippen LogP contribution in [-0.4, -0.2) is 5.97 Å². The predicted molar refractivity (Wildman–Crippen MR) is 49.9 cm³/mol. The number of hydrogen-bond acceptors (Lipinski definition) is 3. The number of hydrogen-bond donors (Lipinski definition) is 1. The summed E-state index contributed by atoms with van der Waals surface area (Å²) in [6.45, 7) is 1.83. The van der Waals surface area contributed by atoms with E-state index in [-0.39, 0.29) is 0 Å². The molecule has 0 aliphatic carbocycles. The normalized spacial score (nSPS) is 9.50. The molecule has 0 spiro atoms. The zero-order valence-electron chi connectivity index (χ0n) is 6.50. The largest absolute Gasteiger partial charge is 0.398 e. The molecule has 4 heteroatoms. The Morgan fingerprint density at radius 1 is 1.58 bits per heavy atom. The molecule has 0 aliphatic rings. The molecule has 0 heterocycles. The third-order valence-corrected chi connectivity index (χ3v) is 1.91. The number of anilines is 1.